The normalized spacial score (nSPS) is 25.4. The minimum Gasteiger partial charge on any atom is -0.388 e. The molecule has 2 fully saturated rings. The van der Waals surface area contributed by atoms with Crippen LogP contribution in [0.3, 0.4) is 0 Å². The molecular weight excluding hydrogens is 314 g/mol. The molecule has 2 N–H and O–H groups in total. The predicted octanol–water partition coefficient (Wildman–Crippen LogP) is 2.62. The SMILES string of the molecule is O=C(c1cc2ccccc2[nH]1)N1CCC[C@](O)(CN2CCCC2)CC1. The van der Waals surface area contributed by atoms with Gasteiger partial charge in [-0.05, 0) is 57.3 Å². The van der Waals surface area contributed by atoms with Crippen LogP contribution in [0.25, 0.3) is 10.9 Å². The molecule has 1 aromatic carbocycles. The summed E-state index contributed by atoms with van der Waals surface area (Å²) in [6, 6.07) is 9.88. The summed E-state index contributed by atoms with van der Waals surface area (Å²) >= 11 is 0. The molecule has 2 aromatic rings. The molecule has 0 aliphatic carbocycles. The molecule has 4 rings (SSSR count). The molecule has 5 heteroatoms. The summed E-state index contributed by atoms with van der Waals surface area (Å²) in [7, 11) is 0. The van der Waals surface area contributed by atoms with Gasteiger partial charge in [0.2, 0.25) is 0 Å². The lowest BCUT2D eigenvalue weighted by Crippen LogP contribution is -2.43. The van der Waals surface area contributed by atoms with Gasteiger partial charge in [-0.25, -0.2) is 0 Å². The van der Waals surface area contributed by atoms with Crippen molar-refractivity contribution in [2.45, 2.75) is 37.7 Å². The molecule has 1 amide bonds. The van der Waals surface area contributed by atoms with Crippen molar-refractivity contribution in [1.29, 1.82) is 0 Å². The molecule has 0 spiro atoms. The summed E-state index contributed by atoms with van der Waals surface area (Å²) in [6.07, 6.45) is 4.77. The highest BCUT2D eigenvalue weighted by Gasteiger charge is 2.34. The second-order valence-electron chi connectivity index (χ2n) is 7.62. The molecule has 2 aliphatic rings. The summed E-state index contributed by atoms with van der Waals surface area (Å²) in [5.74, 6) is 0.0432. The summed E-state index contributed by atoms with van der Waals surface area (Å²) in [5.41, 5.74) is 0.984. The lowest BCUT2D eigenvalue weighted by atomic mass is 9.94. The number of aliphatic hydroxyl groups is 1. The van der Waals surface area contributed by atoms with Gasteiger partial charge >= 0.3 is 0 Å². The largest absolute Gasteiger partial charge is 0.388 e. The van der Waals surface area contributed by atoms with Gasteiger partial charge in [0.05, 0.1) is 5.60 Å². The first kappa shape index (κ1) is 16.6. The zero-order valence-corrected chi connectivity index (χ0v) is 14.7. The monoisotopic (exact) mass is 341 g/mol. The summed E-state index contributed by atoms with van der Waals surface area (Å²) in [5, 5.41) is 12.1. The number of amides is 1. The summed E-state index contributed by atoms with van der Waals surface area (Å²) in [4.78, 5) is 20.4. The van der Waals surface area contributed by atoms with Crippen molar-refractivity contribution in [3.63, 3.8) is 0 Å². The first-order valence-electron chi connectivity index (χ1n) is 9.45. The van der Waals surface area contributed by atoms with E-state index in [-0.39, 0.29) is 5.91 Å². The van der Waals surface area contributed by atoms with Crippen LogP contribution in [0, 0.1) is 0 Å². The molecule has 5 nitrogen and oxygen atoms in total. The Morgan fingerprint density at radius 2 is 1.88 bits per heavy atom. The number of H-pyrrole nitrogens is 1. The van der Waals surface area contributed by atoms with E-state index in [1.807, 2.05) is 35.2 Å². The van der Waals surface area contributed by atoms with E-state index in [1.54, 1.807) is 0 Å². The molecule has 0 saturated carbocycles. The van der Waals surface area contributed by atoms with Gasteiger partial charge in [-0.3, -0.25) is 4.79 Å². The molecule has 0 bridgehead atoms. The number of carbonyl (C=O) groups excluding carboxylic acids is 1. The Labute approximate surface area is 148 Å². The molecule has 134 valence electrons. The Kier molecular flexibility index (Phi) is 4.52. The van der Waals surface area contributed by atoms with Crippen molar-refractivity contribution in [2.75, 3.05) is 32.7 Å². The number of hydrogen-bond acceptors (Lipinski definition) is 3. The zero-order valence-electron chi connectivity index (χ0n) is 14.7. The molecule has 0 radical (unpaired) electrons. The van der Waals surface area contributed by atoms with Crippen molar-refractivity contribution >= 4 is 16.8 Å². The van der Waals surface area contributed by atoms with E-state index in [1.165, 1.54) is 12.8 Å². The average Bonchev–Trinajstić information content (AvgIpc) is 3.22. The van der Waals surface area contributed by atoms with Crippen molar-refractivity contribution < 1.29 is 9.90 Å². The number of hydrogen-bond donors (Lipinski definition) is 2. The highest BCUT2D eigenvalue weighted by molar-refractivity contribution is 5.98. The molecular formula is C20H27N3O2. The fourth-order valence-corrected chi connectivity index (χ4v) is 4.26. The number of para-hydroxylation sites is 1. The highest BCUT2D eigenvalue weighted by Crippen LogP contribution is 2.26. The van der Waals surface area contributed by atoms with Gasteiger partial charge in [-0.2, -0.15) is 0 Å². The van der Waals surface area contributed by atoms with E-state index in [2.05, 4.69) is 9.88 Å². The number of β-amino-alcohol motifs (C(OH)–C–C–N with tert-alkyl or cyclic N) is 1. The van der Waals surface area contributed by atoms with Crippen molar-refractivity contribution in [2.24, 2.45) is 0 Å². The molecule has 2 saturated heterocycles. The second kappa shape index (κ2) is 6.81. The van der Waals surface area contributed by atoms with Gasteiger partial charge < -0.3 is 19.9 Å². The van der Waals surface area contributed by atoms with E-state index in [9.17, 15) is 9.90 Å². The van der Waals surface area contributed by atoms with E-state index >= 15 is 0 Å². The molecule has 25 heavy (non-hydrogen) atoms. The lowest BCUT2D eigenvalue weighted by Gasteiger charge is -2.31. The van der Waals surface area contributed by atoms with Crippen LogP contribution in [0.15, 0.2) is 30.3 Å². The van der Waals surface area contributed by atoms with Crippen molar-refractivity contribution in [1.82, 2.24) is 14.8 Å². The fraction of sp³-hybridized carbons (Fsp3) is 0.550. The first-order valence-corrected chi connectivity index (χ1v) is 9.45. The maximum absolute atomic E-state index is 12.9. The van der Waals surface area contributed by atoms with Crippen LogP contribution in [0.5, 0.6) is 0 Å². The number of likely N-dealkylation sites (tertiary alicyclic amines) is 2. The zero-order chi connectivity index (χ0) is 17.3. The van der Waals surface area contributed by atoms with Crippen LogP contribution < -0.4 is 0 Å². The third kappa shape index (κ3) is 3.58. The lowest BCUT2D eigenvalue weighted by molar-refractivity contribution is -0.00291. The van der Waals surface area contributed by atoms with E-state index in [0.29, 0.717) is 18.7 Å². The van der Waals surface area contributed by atoms with Crippen LogP contribution in [0.4, 0.5) is 0 Å². The van der Waals surface area contributed by atoms with Gasteiger partial charge in [0, 0.05) is 30.5 Å². The minimum atomic E-state index is -0.653. The van der Waals surface area contributed by atoms with Crippen LogP contribution in [-0.4, -0.2) is 64.1 Å². The fourth-order valence-electron chi connectivity index (χ4n) is 4.26. The Morgan fingerprint density at radius 1 is 1.08 bits per heavy atom. The number of rotatable bonds is 3. The molecule has 2 aliphatic heterocycles. The third-order valence-corrected chi connectivity index (χ3v) is 5.68. The number of nitrogens with zero attached hydrogens (tertiary/aromatic N) is 2. The Morgan fingerprint density at radius 3 is 2.68 bits per heavy atom. The number of fused-ring (bicyclic) bond motifs is 1. The van der Waals surface area contributed by atoms with Gasteiger partial charge in [0.1, 0.15) is 5.69 Å². The minimum absolute atomic E-state index is 0.0432. The van der Waals surface area contributed by atoms with Crippen LogP contribution in [-0.2, 0) is 0 Å². The maximum atomic E-state index is 12.9. The van der Waals surface area contributed by atoms with Crippen LogP contribution in [0.1, 0.15) is 42.6 Å². The molecule has 3 heterocycles. The Bertz CT molecular complexity index is 717. The topological polar surface area (TPSA) is 59.6 Å². The molecule has 0 unspecified atom stereocenters. The number of nitrogens with one attached hydrogen (secondary N) is 1. The van der Waals surface area contributed by atoms with E-state index in [4.69, 9.17) is 0 Å². The van der Waals surface area contributed by atoms with Gasteiger partial charge in [0.25, 0.3) is 5.91 Å². The highest BCUT2D eigenvalue weighted by atomic mass is 16.3. The number of benzene rings is 1. The smallest absolute Gasteiger partial charge is 0.270 e. The second-order valence-corrected chi connectivity index (χ2v) is 7.62. The number of carbonyl (C=O) groups is 1. The predicted molar refractivity (Wildman–Crippen MR) is 98.7 cm³/mol. The molecule has 1 aromatic heterocycles. The van der Waals surface area contributed by atoms with Gasteiger partial charge in [0.15, 0.2) is 0 Å². The molecule has 1 atom stereocenters. The maximum Gasteiger partial charge on any atom is 0.270 e. The first-order chi connectivity index (χ1) is 12.1. The number of aromatic amines is 1. The van der Waals surface area contributed by atoms with Crippen molar-refractivity contribution in [3.05, 3.63) is 36.0 Å². The number of aromatic nitrogens is 1. The van der Waals surface area contributed by atoms with Gasteiger partial charge in [-0.1, -0.05) is 18.2 Å². The van der Waals surface area contributed by atoms with Gasteiger partial charge in [-0.15, -0.1) is 0 Å². The summed E-state index contributed by atoms with van der Waals surface area (Å²) < 4.78 is 0. The Hall–Kier alpha value is -1.85. The van der Waals surface area contributed by atoms with E-state index < -0.39 is 5.60 Å². The standard InChI is InChI=1S/C20H27N3O2/c24-19(18-14-16-6-1-2-7-17(16)21-18)23-12-5-8-20(25,9-13-23)15-22-10-3-4-11-22/h1-2,6-7,14,21,25H,3-5,8-13,15H2/t20-/m1/s1. The summed E-state index contributed by atoms with van der Waals surface area (Å²) in [6.45, 7) is 4.29. The quantitative estimate of drug-likeness (QED) is 0.902. The third-order valence-electron chi connectivity index (χ3n) is 5.68. The van der Waals surface area contributed by atoms with E-state index in [0.717, 1.165) is 49.9 Å². The van der Waals surface area contributed by atoms with Crippen LogP contribution >= 0.6 is 0 Å². The van der Waals surface area contributed by atoms with Crippen molar-refractivity contribution in [3.8, 4) is 0 Å². The average molecular weight is 341 g/mol. The Balaban J connectivity index is 1.43. The van der Waals surface area contributed by atoms with Crippen LogP contribution in [0.2, 0.25) is 0 Å².